The predicted octanol–water partition coefficient (Wildman–Crippen LogP) is 1.31. The molecule has 1 unspecified atom stereocenters. The molecule has 5 heteroatoms. The number of aliphatic hydroxyl groups excluding tert-OH is 1. The maximum Gasteiger partial charge on any atom is 0.125 e. The number of hydrogen-bond donors (Lipinski definition) is 1. The standard InChI is InChI=1S/C18H30N2O3/c1-15-5-4-6-16(2)18(15)23-12-11-22-14-17(21)13-20-9-7-19(3)8-10-20/h4-6,17,21H,7-14H2,1-3H3. The summed E-state index contributed by atoms with van der Waals surface area (Å²) in [5.41, 5.74) is 2.28. The first-order valence-corrected chi connectivity index (χ1v) is 8.42. The Kier molecular flexibility index (Phi) is 7.30. The lowest BCUT2D eigenvalue weighted by Gasteiger charge is -2.33. The third-order valence-corrected chi connectivity index (χ3v) is 4.26. The fourth-order valence-electron chi connectivity index (χ4n) is 2.83. The number of aliphatic hydroxyl groups is 1. The summed E-state index contributed by atoms with van der Waals surface area (Å²) >= 11 is 0. The number of likely N-dealkylation sites (N-methyl/N-ethyl adjacent to an activating group) is 1. The third-order valence-electron chi connectivity index (χ3n) is 4.26. The van der Waals surface area contributed by atoms with Gasteiger partial charge in [-0.15, -0.1) is 0 Å². The van der Waals surface area contributed by atoms with E-state index in [1.165, 1.54) is 0 Å². The molecule has 1 fully saturated rings. The Morgan fingerprint density at radius 3 is 2.39 bits per heavy atom. The number of β-amino-alcohol motifs (C(OH)–C–C–N with tert-alkyl or cyclic N) is 1. The molecule has 1 aromatic carbocycles. The lowest BCUT2D eigenvalue weighted by Crippen LogP contribution is -2.47. The van der Waals surface area contributed by atoms with Crippen LogP contribution in [0.15, 0.2) is 18.2 Å². The van der Waals surface area contributed by atoms with E-state index in [-0.39, 0.29) is 0 Å². The van der Waals surface area contributed by atoms with Crippen LogP contribution >= 0.6 is 0 Å². The molecule has 0 aliphatic carbocycles. The number of benzene rings is 1. The summed E-state index contributed by atoms with van der Waals surface area (Å²) in [6.45, 7) is 10.3. The lowest BCUT2D eigenvalue weighted by molar-refractivity contribution is 0.00140. The van der Waals surface area contributed by atoms with Crippen molar-refractivity contribution in [3.8, 4) is 5.75 Å². The summed E-state index contributed by atoms with van der Waals surface area (Å²) in [5.74, 6) is 0.939. The van der Waals surface area contributed by atoms with E-state index in [1.54, 1.807) is 0 Å². The highest BCUT2D eigenvalue weighted by molar-refractivity contribution is 5.39. The minimum Gasteiger partial charge on any atom is -0.491 e. The summed E-state index contributed by atoms with van der Waals surface area (Å²) in [4.78, 5) is 4.60. The van der Waals surface area contributed by atoms with Crippen LogP contribution in [0.4, 0.5) is 0 Å². The molecule has 1 aromatic rings. The smallest absolute Gasteiger partial charge is 0.125 e. The zero-order valence-corrected chi connectivity index (χ0v) is 14.6. The number of para-hydroxylation sites is 1. The Balaban J connectivity index is 1.58. The van der Waals surface area contributed by atoms with E-state index < -0.39 is 6.10 Å². The number of ether oxygens (including phenoxy) is 2. The first kappa shape index (κ1) is 18.2. The predicted molar refractivity (Wildman–Crippen MR) is 92.2 cm³/mol. The molecule has 0 bridgehead atoms. The Hall–Kier alpha value is -1.14. The second-order valence-electron chi connectivity index (χ2n) is 6.40. The molecule has 2 rings (SSSR count). The number of nitrogens with zero attached hydrogens (tertiary/aromatic N) is 2. The van der Waals surface area contributed by atoms with Gasteiger partial charge in [0, 0.05) is 32.7 Å². The van der Waals surface area contributed by atoms with Gasteiger partial charge in [-0.1, -0.05) is 18.2 Å². The van der Waals surface area contributed by atoms with Gasteiger partial charge in [-0.05, 0) is 32.0 Å². The van der Waals surface area contributed by atoms with Gasteiger partial charge in [0.1, 0.15) is 12.4 Å². The molecule has 1 heterocycles. The average molecular weight is 322 g/mol. The molecule has 1 aliphatic heterocycles. The van der Waals surface area contributed by atoms with Crippen LogP contribution in [0.3, 0.4) is 0 Å². The first-order valence-electron chi connectivity index (χ1n) is 8.42. The molecule has 1 aliphatic rings. The van der Waals surface area contributed by atoms with Gasteiger partial charge in [0.25, 0.3) is 0 Å². The van der Waals surface area contributed by atoms with Gasteiger partial charge in [-0.2, -0.15) is 0 Å². The molecule has 130 valence electrons. The van der Waals surface area contributed by atoms with Crippen LogP contribution in [-0.2, 0) is 4.74 Å². The topological polar surface area (TPSA) is 45.2 Å². The number of piperazine rings is 1. The van der Waals surface area contributed by atoms with Crippen LogP contribution in [0.25, 0.3) is 0 Å². The first-order chi connectivity index (χ1) is 11.1. The van der Waals surface area contributed by atoms with Gasteiger partial charge >= 0.3 is 0 Å². The summed E-state index contributed by atoms with van der Waals surface area (Å²) in [6, 6.07) is 6.12. The van der Waals surface area contributed by atoms with Crippen molar-refractivity contribution in [2.24, 2.45) is 0 Å². The minimum atomic E-state index is -0.432. The van der Waals surface area contributed by atoms with E-state index in [1.807, 2.05) is 32.0 Å². The summed E-state index contributed by atoms with van der Waals surface area (Å²) in [5, 5.41) is 10.1. The van der Waals surface area contributed by atoms with E-state index in [2.05, 4.69) is 16.8 Å². The maximum absolute atomic E-state index is 10.1. The van der Waals surface area contributed by atoms with Gasteiger partial charge in [0.05, 0.1) is 19.3 Å². The summed E-state index contributed by atoms with van der Waals surface area (Å²) < 4.78 is 11.3. The molecule has 1 atom stereocenters. The SMILES string of the molecule is Cc1cccc(C)c1OCCOCC(O)CN1CCN(C)CC1. The van der Waals surface area contributed by atoms with Crippen molar-refractivity contribution in [2.45, 2.75) is 20.0 Å². The van der Waals surface area contributed by atoms with Crippen LogP contribution in [0.5, 0.6) is 5.75 Å². The number of hydrogen-bond acceptors (Lipinski definition) is 5. The van der Waals surface area contributed by atoms with Crippen LogP contribution < -0.4 is 4.74 Å². The number of rotatable bonds is 8. The fourth-order valence-corrected chi connectivity index (χ4v) is 2.83. The van der Waals surface area contributed by atoms with Crippen molar-refractivity contribution >= 4 is 0 Å². The molecule has 0 saturated carbocycles. The highest BCUT2D eigenvalue weighted by Crippen LogP contribution is 2.21. The van der Waals surface area contributed by atoms with Crippen molar-refractivity contribution < 1.29 is 14.6 Å². The second kappa shape index (κ2) is 9.23. The summed E-state index contributed by atoms with van der Waals surface area (Å²) in [6.07, 6.45) is -0.432. The van der Waals surface area contributed by atoms with E-state index in [9.17, 15) is 5.11 Å². The lowest BCUT2D eigenvalue weighted by atomic mass is 10.1. The van der Waals surface area contributed by atoms with Gasteiger partial charge in [-0.25, -0.2) is 0 Å². The minimum absolute atomic E-state index is 0.364. The fraction of sp³-hybridized carbons (Fsp3) is 0.667. The largest absolute Gasteiger partial charge is 0.491 e. The van der Waals surface area contributed by atoms with Crippen molar-refractivity contribution in [3.05, 3.63) is 29.3 Å². The molecule has 0 amide bonds. The number of aryl methyl sites for hydroxylation is 2. The van der Waals surface area contributed by atoms with Crippen LogP contribution in [-0.4, -0.2) is 80.6 Å². The second-order valence-corrected chi connectivity index (χ2v) is 6.40. The Bertz CT molecular complexity index is 453. The van der Waals surface area contributed by atoms with Gasteiger partial charge in [-0.3, -0.25) is 4.90 Å². The molecule has 23 heavy (non-hydrogen) atoms. The molecule has 5 nitrogen and oxygen atoms in total. The maximum atomic E-state index is 10.1. The van der Waals surface area contributed by atoms with E-state index >= 15 is 0 Å². The molecular formula is C18H30N2O3. The van der Waals surface area contributed by atoms with E-state index in [0.29, 0.717) is 26.4 Å². The third kappa shape index (κ3) is 6.11. The normalized spacial score (nSPS) is 18.1. The van der Waals surface area contributed by atoms with Gasteiger partial charge < -0.3 is 19.5 Å². The van der Waals surface area contributed by atoms with Crippen molar-refractivity contribution in [2.75, 3.05) is 59.6 Å². The molecule has 1 saturated heterocycles. The zero-order chi connectivity index (χ0) is 16.7. The Labute approximate surface area is 139 Å². The van der Waals surface area contributed by atoms with E-state index in [4.69, 9.17) is 9.47 Å². The van der Waals surface area contributed by atoms with Crippen LogP contribution in [0.2, 0.25) is 0 Å². The van der Waals surface area contributed by atoms with Crippen molar-refractivity contribution in [1.82, 2.24) is 9.80 Å². The highest BCUT2D eigenvalue weighted by atomic mass is 16.5. The molecule has 1 N–H and O–H groups in total. The molecule has 0 aromatic heterocycles. The zero-order valence-electron chi connectivity index (χ0n) is 14.6. The monoisotopic (exact) mass is 322 g/mol. The van der Waals surface area contributed by atoms with Gasteiger partial charge in [0.2, 0.25) is 0 Å². The van der Waals surface area contributed by atoms with Crippen LogP contribution in [0.1, 0.15) is 11.1 Å². The van der Waals surface area contributed by atoms with Crippen molar-refractivity contribution in [1.29, 1.82) is 0 Å². The molecule has 0 spiro atoms. The molecule has 0 radical (unpaired) electrons. The van der Waals surface area contributed by atoms with Crippen molar-refractivity contribution in [3.63, 3.8) is 0 Å². The highest BCUT2D eigenvalue weighted by Gasteiger charge is 2.16. The van der Waals surface area contributed by atoms with Gasteiger partial charge in [0.15, 0.2) is 0 Å². The Morgan fingerprint density at radius 1 is 1.09 bits per heavy atom. The Morgan fingerprint density at radius 2 is 1.74 bits per heavy atom. The van der Waals surface area contributed by atoms with E-state index in [0.717, 1.165) is 43.1 Å². The van der Waals surface area contributed by atoms with Crippen LogP contribution in [0, 0.1) is 13.8 Å². The summed E-state index contributed by atoms with van der Waals surface area (Å²) in [7, 11) is 2.13. The average Bonchev–Trinajstić information content (AvgIpc) is 2.52. The quantitative estimate of drug-likeness (QED) is 0.731. The molecular weight excluding hydrogens is 292 g/mol.